The van der Waals surface area contributed by atoms with Gasteiger partial charge < -0.3 is 15.2 Å². The standard InChI is InChI=1S/C24H45N3O2/c1-3-5-7-9-11-12-14-16-18-29-23-20-26-24(27-21-23)25-19-22(28)17-15-13-10-8-6-4-2/h20-22,28H,3-19H2,1-2H3,(H,25,26,27)/t22-/m1/s1. The number of aromatic nitrogens is 2. The Morgan fingerprint density at radius 1 is 0.793 bits per heavy atom. The second-order valence-corrected chi connectivity index (χ2v) is 8.16. The Kier molecular flexibility index (Phi) is 16.5. The molecule has 1 atom stereocenters. The van der Waals surface area contributed by atoms with Gasteiger partial charge in [0.25, 0.3) is 0 Å². The molecule has 0 aliphatic carbocycles. The van der Waals surface area contributed by atoms with E-state index in [0.717, 1.165) is 25.9 Å². The van der Waals surface area contributed by atoms with E-state index in [1.54, 1.807) is 12.4 Å². The fourth-order valence-corrected chi connectivity index (χ4v) is 3.38. The number of aliphatic hydroxyl groups excluding tert-OH is 1. The van der Waals surface area contributed by atoms with E-state index in [9.17, 15) is 5.11 Å². The molecule has 0 radical (unpaired) electrons. The average molecular weight is 408 g/mol. The van der Waals surface area contributed by atoms with E-state index in [-0.39, 0.29) is 6.10 Å². The molecule has 2 N–H and O–H groups in total. The van der Waals surface area contributed by atoms with Gasteiger partial charge in [-0.15, -0.1) is 0 Å². The maximum atomic E-state index is 10.1. The summed E-state index contributed by atoms with van der Waals surface area (Å²) in [4.78, 5) is 8.56. The number of anilines is 1. The van der Waals surface area contributed by atoms with Crippen LogP contribution in [0.1, 0.15) is 110 Å². The monoisotopic (exact) mass is 407 g/mol. The molecule has 0 fully saturated rings. The third-order valence-corrected chi connectivity index (χ3v) is 5.28. The minimum absolute atomic E-state index is 0.345. The van der Waals surface area contributed by atoms with Crippen molar-refractivity contribution in [2.45, 2.75) is 116 Å². The second kappa shape index (κ2) is 18.7. The van der Waals surface area contributed by atoms with Crippen LogP contribution in [0.2, 0.25) is 0 Å². The molecular formula is C24H45N3O2. The Morgan fingerprint density at radius 2 is 1.31 bits per heavy atom. The number of nitrogens with zero attached hydrogens (tertiary/aromatic N) is 2. The van der Waals surface area contributed by atoms with Crippen molar-refractivity contribution in [2.75, 3.05) is 18.5 Å². The molecule has 0 amide bonds. The van der Waals surface area contributed by atoms with Gasteiger partial charge in [-0.2, -0.15) is 0 Å². The maximum absolute atomic E-state index is 10.1. The van der Waals surface area contributed by atoms with Gasteiger partial charge in [0, 0.05) is 6.54 Å². The van der Waals surface area contributed by atoms with Crippen molar-refractivity contribution < 1.29 is 9.84 Å². The largest absolute Gasteiger partial charge is 0.490 e. The molecule has 168 valence electrons. The van der Waals surface area contributed by atoms with E-state index >= 15 is 0 Å². The zero-order valence-corrected chi connectivity index (χ0v) is 19.0. The zero-order valence-electron chi connectivity index (χ0n) is 19.0. The van der Waals surface area contributed by atoms with Crippen molar-refractivity contribution in [3.63, 3.8) is 0 Å². The molecule has 0 bridgehead atoms. The third kappa shape index (κ3) is 15.2. The predicted molar refractivity (Wildman–Crippen MR) is 123 cm³/mol. The van der Waals surface area contributed by atoms with Crippen molar-refractivity contribution in [1.82, 2.24) is 9.97 Å². The van der Waals surface area contributed by atoms with Crippen molar-refractivity contribution in [3.8, 4) is 5.75 Å². The van der Waals surface area contributed by atoms with Crippen molar-refractivity contribution in [1.29, 1.82) is 0 Å². The first-order chi connectivity index (χ1) is 14.3. The SMILES string of the molecule is CCCCCCCCCCOc1cnc(NC[C@H](O)CCCCCCCC)nc1. The lowest BCUT2D eigenvalue weighted by atomic mass is 10.1. The highest BCUT2D eigenvalue weighted by Crippen LogP contribution is 2.12. The van der Waals surface area contributed by atoms with Crippen LogP contribution in [0.5, 0.6) is 5.75 Å². The summed E-state index contributed by atoms with van der Waals surface area (Å²) in [6, 6.07) is 0. The summed E-state index contributed by atoms with van der Waals surface area (Å²) in [5.41, 5.74) is 0. The molecule has 0 aliphatic heterocycles. The van der Waals surface area contributed by atoms with E-state index < -0.39 is 0 Å². The summed E-state index contributed by atoms with van der Waals surface area (Å²) in [5, 5.41) is 13.2. The van der Waals surface area contributed by atoms with Gasteiger partial charge >= 0.3 is 0 Å². The molecule has 1 rings (SSSR count). The Balaban J connectivity index is 2.02. The van der Waals surface area contributed by atoms with E-state index in [2.05, 4.69) is 29.1 Å². The van der Waals surface area contributed by atoms with Crippen LogP contribution in [0, 0.1) is 0 Å². The summed E-state index contributed by atoms with van der Waals surface area (Å²) < 4.78 is 5.72. The summed E-state index contributed by atoms with van der Waals surface area (Å²) in [6.07, 6.45) is 21.7. The molecule has 1 heterocycles. The highest BCUT2D eigenvalue weighted by molar-refractivity contribution is 5.27. The Bertz CT molecular complexity index is 468. The molecule has 0 saturated heterocycles. The summed E-state index contributed by atoms with van der Waals surface area (Å²) >= 11 is 0. The molecule has 29 heavy (non-hydrogen) atoms. The molecule has 0 aromatic carbocycles. The molecule has 0 aliphatic rings. The zero-order chi connectivity index (χ0) is 21.0. The molecule has 1 aromatic heterocycles. The number of hydrogen-bond acceptors (Lipinski definition) is 5. The first kappa shape index (κ1) is 25.7. The lowest BCUT2D eigenvalue weighted by Crippen LogP contribution is -2.20. The van der Waals surface area contributed by atoms with Gasteiger partial charge in [0.15, 0.2) is 5.75 Å². The van der Waals surface area contributed by atoms with Crippen molar-refractivity contribution in [3.05, 3.63) is 12.4 Å². The van der Waals surface area contributed by atoms with Gasteiger partial charge in [0.05, 0.1) is 25.1 Å². The summed E-state index contributed by atoms with van der Waals surface area (Å²) in [7, 11) is 0. The number of aliphatic hydroxyl groups is 1. The minimum Gasteiger partial charge on any atom is -0.490 e. The van der Waals surface area contributed by atoms with Crippen molar-refractivity contribution >= 4 is 5.95 Å². The van der Waals surface area contributed by atoms with Gasteiger partial charge in [-0.1, -0.05) is 97.3 Å². The van der Waals surface area contributed by atoms with Gasteiger partial charge in [-0.3, -0.25) is 0 Å². The first-order valence-corrected chi connectivity index (χ1v) is 12.1. The van der Waals surface area contributed by atoms with Crippen LogP contribution in [0.25, 0.3) is 0 Å². The van der Waals surface area contributed by atoms with Gasteiger partial charge in [0.2, 0.25) is 5.95 Å². The molecule has 1 aromatic rings. The predicted octanol–water partition coefficient (Wildman–Crippen LogP) is 6.52. The van der Waals surface area contributed by atoms with E-state index in [4.69, 9.17) is 4.74 Å². The highest BCUT2D eigenvalue weighted by atomic mass is 16.5. The Labute approximate surface area is 179 Å². The van der Waals surface area contributed by atoms with Crippen LogP contribution in [-0.2, 0) is 0 Å². The van der Waals surface area contributed by atoms with Crippen LogP contribution in [0.3, 0.4) is 0 Å². The third-order valence-electron chi connectivity index (χ3n) is 5.28. The number of hydrogen-bond donors (Lipinski definition) is 2. The highest BCUT2D eigenvalue weighted by Gasteiger charge is 2.05. The quantitative estimate of drug-likeness (QED) is 0.241. The Hall–Kier alpha value is -1.36. The first-order valence-electron chi connectivity index (χ1n) is 12.1. The minimum atomic E-state index is -0.345. The van der Waals surface area contributed by atoms with E-state index in [1.807, 2.05) is 0 Å². The van der Waals surface area contributed by atoms with Gasteiger partial charge in [0.1, 0.15) is 0 Å². The molecule has 0 spiro atoms. The van der Waals surface area contributed by atoms with Gasteiger partial charge in [-0.25, -0.2) is 9.97 Å². The number of ether oxygens (including phenoxy) is 1. The molecular weight excluding hydrogens is 362 g/mol. The fraction of sp³-hybridized carbons (Fsp3) is 0.833. The molecule has 5 heteroatoms. The molecule has 0 unspecified atom stereocenters. The lowest BCUT2D eigenvalue weighted by molar-refractivity contribution is 0.173. The van der Waals surface area contributed by atoms with Crippen LogP contribution in [0.4, 0.5) is 5.95 Å². The van der Waals surface area contributed by atoms with Crippen molar-refractivity contribution in [2.24, 2.45) is 0 Å². The van der Waals surface area contributed by atoms with E-state index in [0.29, 0.717) is 18.2 Å². The number of nitrogens with one attached hydrogen (secondary N) is 1. The summed E-state index contributed by atoms with van der Waals surface area (Å²) in [6.45, 7) is 5.70. The van der Waals surface area contributed by atoms with Crippen LogP contribution in [0.15, 0.2) is 12.4 Å². The van der Waals surface area contributed by atoms with Crippen LogP contribution < -0.4 is 10.1 Å². The van der Waals surface area contributed by atoms with Gasteiger partial charge in [-0.05, 0) is 12.8 Å². The normalized spacial score (nSPS) is 12.1. The molecule has 0 saturated carbocycles. The lowest BCUT2D eigenvalue weighted by Gasteiger charge is -2.12. The fourth-order valence-electron chi connectivity index (χ4n) is 3.38. The second-order valence-electron chi connectivity index (χ2n) is 8.16. The molecule has 5 nitrogen and oxygen atoms in total. The summed E-state index contributed by atoms with van der Waals surface area (Å²) in [5.74, 6) is 1.26. The average Bonchev–Trinajstić information content (AvgIpc) is 2.74. The van der Waals surface area contributed by atoms with E-state index in [1.165, 1.54) is 77.0 Å². The topological polar surface area (TPSA) is 67.3 Å². The van der Waals surface area contributed by atoms with Crippen LogP contribution >= 0.6 is 0 Å². The number of rotatable bonds is 20. The van der Waals surface area contributed by atoms with Crippen LogP contribution in [-0.4, -0.2) is 34.3 Å². The smallest absolute Gasteiger partial charge is 0.222 e. The maximum Gasteiger partial charge on any atom is 0.222 e. The number of unbranched alkanes of at least 4 members (excludes halogenated alkanes) is 12. The Morgan fingerprint density at radius 3 is 1.90 bits per heavy atom.